The molecule has 0 fully saturated rings. The number of nitrogens with zero attached hydrogens (tertiary/aromatic N) is 2. The SMILES string of the molecule is O=CONc1ccc(Oc2ncnc3[nH]ccc23)cc1. The van der Waals surface area contributed by atoms with Gasteiger partial charge in [-0.05, 0) is 30.3 Å². The zero-order valence-electron chi connectivity index (χ0n) is 10.2. The number of aromatic nitrogens is 3. The van der Waals surface area contributed by atoms with Crippen LogP contribution in [0.25, 0.3) is 11.0 Å². The Morgan fingerprint density at radius 3 is 2.80 bits per heavy atom. The summed E-state index contributed by atoms with van der Waals surface area (Å²) in [6, 6.07) is 8.75. The first-order valence-corrected chi connectivity index (χ1v) is 5.78. The zero-order chi connectivity index (χ0) is 13.8. The van der Waals surface area contributed by atoms with Crippen LogP contribution in [0.15, 0.2) is 42.9 Å². The standard InChI is InChI=1S/C13H10N4O3/c18-8-19-17-9-1-3-10(4-2-9)20-13-11-5-6-14-12(11)15-7-16-13/h1-8,17H,(H,14,15,16). The summed E-state index contributed by atoms with van der Waals surface area (Å²) in [6.07, 6.45) is 3.21. The monoisotopic (exact) mass is 270 g/mol. The number of hydrogen-bond acceptors (Lipinski definition) is 6. The number of benzene rings is 1. The first-order valence-electron chi connectivity index (χ1n) is 5.78. The molecule has 0 saturated heterocycles. The Kier molecular flexibility index (Phi) is 3.15. The van der Waals surface area contributed by atoms with Gasteiger partial charge in [0.2, 0.25) is 5.88 Å². The highest BCUT2D eigenvalue weighted by molar-refractivity contribution is 5.80. The maximum Gasteiger partial charge on any atom is 0.320 e. The van der Waals surface area contributed by atoms with Gasteiger partial charge in [-0.2, -0.15) is 0 Å². The van der Waals surface area contributed by atoms with Crippen LogP contribution in [0.4, 0.5) is 5.69 Å². The fourth-order valence-corrected chi connectivity index (χ4v) is 1.72. The van der Waals surface area contributed by atoms with Crippen molar-refractivity contribution in [2.24, 2.45) is 0 Å². The number of nitrogens with one attached hydrogen (secondary N) is 2. The van der Waals surface area contributed by atoms with E-state index in [-0.39, 0.29) is 0 Å². The molecule has 7 nitrogen and oxygen atoms in total. The predicted octanol–water partition coefficient (Wildman–Crippen LogP) is 2.25. The first kappa shape index (κ1) is 12.0. The zero-order valence-corrected chi connectivity index (χ0v) is 10.2. The highest BCUT2D eigenvalue weighted by Gasteiger charge is 2.06. The lowest BCUT2D eigenvalue weighted by Crippen LogP contribution is -1.98. The quantitative estimate of drug-likeness (QED) is 0.546. The van der Waals surface area contributed by atoms with E-state index in [4.69, 9.17) is 4.74 Å². The number of carbonyl (C=O) groups is 1. The minimum absolute atomic E-state index is 0.313. The summed E-state index contributed by atoms with van der Waals surface area (Å²) in [5.41, 5.74) is 3.81. The van der Waals surface area contributed by atoms with E-state index in [1.165, 1.54) is 6.33 Å². The van der Waals surface area contributed by atoms with Crippen molar-refractivity contribution in [3.05, 3.63) is 42.9 Å². The van der Waals surface area contributed by atoms with Gasteiger partial charge in [-0.15, -0.1) is 0 Å². The summed E-state index contributed by atoms with van der Waals surface area (Å²) >= 11 is 0. The van der Waals surface area contributed by atoms with E-state index in [0.29, 0.717) is 29.4 Å². The third-order valence-electron chi connectivity index (χ3n) is 2.61. The molecule has 0 bridgehead atoms. The van der Waals surface area contributed by atoms with Crippen molar-refractivity contribution in [3.63, 3.8) is 0 Å². The first-order chi connectivity index (χ1) is 9.86. The highest BCUT2D eigenvalue weighted by Crippen LogP contribution is 2.26. The van der Waals surface area contributed by atoms with Crippen molar-refractivity contribution in [2.45, 2.75) is 0 Å². The number of hydrogen-bond donors (Lipinski definition) is 2. The Bertz CT molecular complexity index is 724. The summed E-state index contributed by atoms with van der Waals surface area (Å²) < 4.78 is 5.70. The van der Waals surface area contributed by atoms with Crippen LogP contribution < -0.4 is 10.2 Å². The molecule has 2 aromatic heterocycles. The molecule has 2 N–H and O–H groups in total. The minimum atomic E-state index is 0.313. The molecule has 2 heterocycles. The van der Waals surface area contributed by atoms with Crippen LogP contribution in [0.3, 0.4) is 0 Å². The summed E-state index contributed by atoms with van der Waals surface area (Å²) in [7, 11) is 0. The van der Waals surface area contributed by atoms with Crippen molar-refractivity contribution in [3.8, 4) is 11.6 Å². The Hall–Kier alpha value is -3.09. The normalized spacial score (nSPS) is 10.2. The van der Waals surface area contributed by atoms with Crippen molar-refractivity contribution < 1.29 is 14.4 Å². The van der Waals surface area contributed by atoms with Crippen LogP contribution in [-0.2, 0) is 9.63 Å². The lowest BCUT2D eigenvalue weighted by molar-refractivity contribution is -0.126. The molecule has 0 aliphatic carbocycles. The third kappa shape index (κ3) is 2.37. The molecule has 0 unspecified atom stereocenters. The number of ether oxygens (including phenoxy) is 1. The lowest BCUT2D eigenvalue weighted by Gasteiger charge is -2.07. The second-order valence-corrected chi connectivity index (χ2v) is 3.86. The number of rotatable bonds is 5. The molecular formula is C13H10N4O3. The summed E-state index contributed by atoms with van der Waals surface area (Å²) in [5.74, 6) is 1.09. The Morgan fingerprint density at radius 2 is 2.00 bits per heavy atom. The Morgan fingerprint density at radius 1 is 1.15 bits per heavy atom. The van der Waals surface area contributed by atoms with Gasteiger partial charge >= 0.3 is 6.47 Å². The minimum Gasteiger partial charge on any atom is -0.438 e. The lowest BCUT2D eigenvalue weighted by atomic mass is 10.3. The van der Waals surface area contributed by atoms with E-state index in [0.717, 1.165) is 5.39 Å². The van der Waals surface area contributed by atoms with Crippen LogP contribution in [0.2, 0.25) is 0 Å². The second kappa shape index (κ2) is 5.27. The molecule has 0 amide bonds. The van der Waals surface area contributed by atoms with Gasteiger partial charge in [0.1, 0.15) is 17.7 Å². The number of H-pyrrole nitrogens is 1. The number of anilines is 1. The third-order valence-corrected chi connectivity index (χ3v) is 2.61. The van der Waals surface area contributed by atoms with Gasteiger partial charge in [0.25, 0.3) is 0 Å². The predicted molar refractivity (Wildman–Crippen MR) is 71.2 cm³/mol. The van der Waals surface area contributed by atoms with Gasteiger partial charge in [0.05, 0.1) is 11.1 Å². The average Bonchev–Trinajstić information content (AvgIpc) is 2.96. The summed E-state index contributed by atoms with van der Waals surface area (Å²) in [4.78, 5) is 25.7. The van der Waals surface area contributed by atoms with Gasteiger partial charge in [-0.3, -0.25) is 4.79 Å². The fraction of sp³-hybridized carbons (Fsp3) is 0. The molecule has 0 spiro atoms. The van der Waals surface area contributed by atoms with Crippen molar-refractivity contribution in [1.29, 1.82) is 0 Å². The van der Waals surface area contributed by atoms with E-state index < -0.39 is 0 Å². The number of carbonyl (C=O) groups excluding carboxylic acids is 1. The molecule has 0 aliphatic heterocycles. The molecule has 1 aromatic carbocycles. The van der Waals surface area contributed by atoms with Crippen molar-refractivity contribution in [2.75, 3.05) is 5.48 Å². The Balaban J connectivity index is 1.80. The molecule has 20 heavy (non-hydrogen) atoms. The molecule has 3 rings (SSSR count). The van der Waals surface area contributed by atoms with Crippen molar-refractivity contribution in [1.82, 2.24) is 15.0 Å². The maximum atomic E-state index is 10.1. The summed E-state index contributed by atoms with van der Waals surface area (Å²) in [5, 5.41) is 0.805. The second-order valence-electron chi connectivity index (χ2n) is 3.86. The topological polar surface area (TPSA) is 89.1 Å². The largest absolute Gasteiger partial charge is 0.438 e. The Labute approximate surface area is 113 Å². The van der Waals surface area contributed by atoms with Crippen molar-refractivity contribution >= 4 is 23.2 Å². The molecule has 0 atom stereocenters. The van der Waals surface area contributed by atoms with Gasteiger partial charge in [0, 0.05) is 6.20 Å². The number of fused-ring (bicyclic) bond motifs is 1. The van der Waals surface area contributed by atoms with E-state index in [9.17, 15) is 4.79 Å². The molecule has 0 saturated carbocycles. The molecule has 7 heteroatoms. The van der Waals surface area contributed by atoms with Gasteiger partial charge in [-0.25, -0.2) is 15.4 Å². The molecule has 0 aliphatic rings. The van der Waals surface area contributed by atoms with Crippen LogP contribution >= 0.6 is 0 Å². The van der Waals surface area contributed by atoms with E-state index in [2.05, 4.69) is 25.3 Å². The van der Waals surface area contributed by atoms with Gasteiger partial charge in [-0.1, -0.05) is 0 Å². The van der Waals surface area contributed by atoms with Crippen LogP contribution in [0, 0.1) is 0 Å². The van der Waals surface area contributed by atoms with Crippen LogP contribution in [-0.4, -0.2) is 21.4 Å². The fourth-order valence-electron chi connectivity index (χ4n) is 1.72. The molecule has 100 valence electrons. The molecule has 0 radical (unpaired) electrons. The smallest absolute Gasteiger partial charge is 0.320 e. The molecule has 3 aromatic rings. The van der Waals surface area contributed by atoms with E-state index >= 15 is 0 Å². The van der Waals surface area contributed by atoms with Gasteiger partial charge in [0.15, 0.2) is 0 Å². The maximum absolute atomic E-state index is 10.1. The summed E-state index contributed by atoms with van der Waals surface area (Å²) in [6.45, 7) is 0.313. The van der Waals surface area contributed by atoms with Crippen LogP contribution in [0.1, 0.15) is 0 Å². The van der Waals surface area contributed by atoms with Gasteiger partial charge < -0.3 is 14.6 Å². The average molecular weight is 270 g/mol. The van der Waals surface area contributed by atoms with E-state index in [1.54, 1.807) is 30.5 Å². The van der Waals surface area contributed by atoms with E-state index in [1.807, 2.05) is 6.07 Å². The molecular weight excluding hydrogens is 260 g/mol. The highest BCUT2D eigenvalue weighted by atomic mass is 16.7. The van der Waals surface area contributed by atoms with Crippen LogP contribution in [0.5, 0.6) is 11.6 Å². The number of aromatic amines is 1.